The molecule has 0 aliphatic rings. The Bertz CT molecular complexity index is 94.7. The molecule has 0 bridgehead atoms. The van der Waals surface area contributed by atoms with E-state index in [1.165, 1.54) is 6.08 Å². The highest BCUT2D eigenvalue weighted by Gasteiger charge is 1.84. The van der Waals surface area contributed by atoms with Crippen molar-refractivity contribution in [3.05, 3.63) is 24.7 Å². The molecule has 1 N–H and O–H groups in total. The normalized spacial score (nSPS) is 10.9. The van der Waals surface area contributed by atoms with Gasteiger partial charge in [-0.05, 0) is 13.0 Å². The quantitative estimate of drug-likeness (QED) is 0.446. The molecular weight excluding hydrogens is 104 g/mol. The molecule has 0 fully saturated rings. The van der Waals surface area contributed by atoms with Crippen LogP contribution in [0.2, 0.25) is 0 Å². The lowest BCUT2D eigenvalue weighted by Gasteiger charge is -1.98. The number of ether oxygens (including phenoxy) is 1. The number of rotatable bonds is 3. The zero-order valence-electron chi connectivity index (χ0n) is 4.92. The highest BCUT2D eigenvalue weighted by Crippen LogP contribution is 1.94. The Morgan fingerprint density at radius 2 is 2.50 bits per heavy atom. The SMILES string of the molecule is C=CC(=CO)OCC. The maximum Gasteiger partial charge on any atom is 0.152 e. The van der Waals surface area contributed by atoms with Crippen LogP contribution in [-0.2, 0) is 4.74 Å². The zero-order chi connectivity index (χ0) is 6.41. The molecule has 0 rings (SSSR count). The van der Waals surface area contributed by atoms with E-state index in [1.54, 1.807) is 0 Å². The van der Waals surface area contributed by atoms with Crippen molar-refractivity contribution in [3.8, 4) is 0 Å². The van der Waals surface area contributed by atoms with E-state index in [-0.39, 0.29) is 0 Å². The topological polar surface area (TPSA) is 29.5 Å². The molecule has 0 heterocycles. The van der Waals surface area contributed by atoms with Gasteiger partial charge in [0.25, 0.3) is 0 Å². The summed E-state index contributed by atoms with van der Waals surface area (Å²) in [6.45, 7) is 5.79. The molecule has 0 aliphatic carbocycles. The van der Waals surface area contributed by atoms with Crippen molar-refractivity contribution in [3.63, 3.8) is 0 Å². The predicted octanol–water partition coefficient (Wildman–Crippen LogP) is 1.61. The van der Waals surface area contributed by atoms with Crippen LogP contribution in [0.3, 0.4) is 0 Å². The molecule has 0 atom stereocenters. The summed E-state index contributed by atoms with van der Waals surface area (Å²) in [4.78, 5) is 0. The number of hydrogen-bond acceptors (Lipinski definition) is 2. The highest BCUT2D eigenvalue weighted by molar-refractivity contribution is 5.04. The molecule has 0 unspecified atom stereocenters. The van der Waals surface area contributed by atoms with Crippen LogP contribution in [-0.4, -0.2) is 11.7 Å². The molecule has 0 spiro atoms. The summed E-state index contributed by atoms with van der Waals surface area (Å²) in [5.74, 6) is 0.410. The van der Waals surface area contributed by atoms with E-state index >= 15 is 0 Å². The summed E-state index contributed by atoms with van der Waals surface area (Å²) in [7, 11) is 0. The Balaban J connectivity index is 3.54. The first kappa shape index (κ1) is 7.08. The van der Waals surface area contributed by atoms with Gasteiger partial charge in [0, 0.05) is 0 Å². The lowest BCUT2D eigenvalue weighted by atomic mass is 10.5. The van der Waals surface area contributed by atoms with Crippen molar-refractivity contribution in [2.24, 2.45) is 0 Å². The molecule has 0 saturated carbocycles. The average molecular weight is 114 g/mol. The van der Waals surface area contributed by atoms with E-state index < -0.39 is 0 Å². The third kappa shape index (κ3) is 2.29. The van der Waals surface area contributed by atoms with Gasteiger partial charge in [-0.15, -0.1) is 0 Å². The lowest BCUT2D eigenvalue weighted by molar-refractivity contribution is 0.229. The molecule has 0 aliphatic heterocycles. The molecule has 0 radical (unpaired) electrons. The molecule has 0 saturated heterocycles. The van der Waals surface area contributed by atoms with E-state index in [1.807, 2.05) is 6.92 Å². The van der Waals surface area contributed by atoms with Gasteiger partial charge in [0.1, 0.15) is 6.26 Å². The third-order valence-corrected chi connectivity index (χ3v) is 0.639. The molecular formula is C6H10O2. The summed E-state index contributed by atoms with van der Waals surface area (Å²) in [5.41, 5.74) is 0. The minimum Gasteiger partial charge on any atom is -0.512 e. The van der Waals surface area contributed by atoms with Crippen molar-refractivity contribution in [2.45, 2.75) is 6.92 Å². The van der Waals surface area contributed by atoms with Gasteiger partial charge in [-0.2, -0.15) is 0 Å². The maximum atomic E-state index is 8.30. The molecule has 0 aromatic heterocycles. The van der Waals surface area contributed by atoms with Crippen molar-refractivity contribution in [1.82, 2.24) is 0 Å². The van der Waals surface area contributed by atoms with Crippen LogP contribution in [0.25, 0.3) is 0 Å². The van der Waals surface area contributed by atoms with Gasteiger partial charge in [0.05, 0.1) is 6.61 Å². The Labute approximate surface area is 49.1 Å². The predicted molar refractivity (Wildman–Crippen MR) is 32.5 cm³/mol. The minimum absolute atomic E-state index is 0.410. The second-order valence-electron chi connectivity index (χ2n) is 1.17. The maximum absolute atomic E-state index is 8.30. The Kier molecular flexibility index (Phi) is 3.76. The van der Waals surface area contributed by atoms with E-state index in [0.29, 0.717) is 12.4 Å². The molecule has 46 valence electrons. The summed E-state index contributed by atoms with van der Waals surface area (Å²) in [5, 5.41) is 8.30. The molecule has 2 heteroatoms. The van der Waals surface area contributed by atoms with Crippen LogP contribution in [0.15, 0.2) is 24.7 Å². The summed E-state index contributed by atoms with van der Waals surface area (Å²) < 4.78 is 4.83. The van der Waals surface area contributed by atoms with E-state index in [2.05, 4.69) is 6.58 Å². The first-order chi connectivity index (χ1) is 3.85. The highest BCUT2D eigenvalue weighted by atomic mass is 16.5. The average Bonchev–Trinajstić information content (AvgIpc) is 1.83. The van der Waals surface area contributed by atoms with Gasteiger partial charge in [-0.25, -0.2) is 0 Å². The first-order valence-electron chi connectivity index (χ1n) is 2.44. The first-order valence-corrected chi connectivity index (χ1v) is 2.44. The fraction of sp³-hybridized carbons (Fsp3) is 0.333. The van der Waals surface area contributed by atoms with Gasteiger partial charge < -0.3 is 9.84 Å². The number of aliphatic hydroxyl groups is 1. The van der Waals surface area contributed by atoms with E-state index in [0.717, 1.165) is 6.26 Å². The van der Waals surface area contributed by atoms with Crippen LogP contribution >= 0.6 is 0 Å². The van der Waals surface area contributed by atoms with Crippen molar-refractivity contribution in [1.29, 1.82) is 0 Å². The standard InChI is InChI=1S/C6H10O2/c1-3-6(5-7)8-4-2/h3,5,7H,1,4H2,2H3. The Morgan fingerprint density at radius 3 is 2.62 bits per heavy atom. The second kappa shape index (κ2) is 4.24. The Morgan fingerprint density at radius 1 is 1.88 bits per heavy atom. The van der Waals surface area contributed by atoms with Gasteiger partial charge in [-0.3, -0.25) is 0 Å². The minimum atomic E-state index is 0.410. The van der Waals surface area contributed by atoms with Crippen molar-refractivity contribution < 1.29 is 9.84 Å². The summed E-state index contributed by atoms with van der Waals surface area (Å²) in [6.07, 6.45) is 2.33. The van der Waals surface area contributed by atoms with Crippen LogP contribution in [0.4, 0.5) is 0 Å². The lowest BCUT2D eigenvalue weighted by Crippen LogP contribution is -1.86. The van der Waals surface area contributed by atoms with Gasteiger partial charge in [-0.1, -0.05) is 6.58 Å². The fourth-order valence-corrected chi connectivity index (χ4v) is 0.316. The molecule has 2 nitrogen and oxygen atoms in total. The largest absolute Gasteiger partial charge is 0.512 e. The van der Waals surface area contributed by atoms with Crippen LogP contribution in [0.5, 0.6) is 0 Å². The zero-order valence-corrected chi connectivity index (χ0v) is 4.92. The summed E-state index contributed by atoms with van der Waals surface area (Å²) in [6, 6.07) is 0. The third-order valence-electron chi connectivity index (χ3n) is 0.639. The van der Waals surface area contributed by atoms with Crippen molar-refractivity contribution >= 4 is 0 Å². The van der Waals surface area contributed by atoms with Crippen molar-refractivity contribution in [2.75, 3.05) is 6.61 Å². The van der Waals surface area contributed by atoms with Crippen LogP contribution < -0.4 is 0 Å². The molecule has 0 aromatic carbocycles. The Hall–Kier alpha value is -0.920. The molecule has 0 amide bonds. The van der Waals surface area contributed by atoms with Gasteiger partial charge >= 0.3 is 0 Å². The number of hydrogen-bond donors (Lipinski definition) is 1. The number of aliphatic hydroxyl groups excluding tert-OH is 1. The number of allylic oxidation sites excluding steroid dienone is 1. The monoisotopic (exact) mass is 114 g/mol. The molecule has 0 aromatic rings. The summed E-state index contributed by atoms with van der Waals surface area (Å²) >= 11 is 0. The van der Waals surface area contributed by atoms with E-state index in [4.69, 9.17) is 9.84 Å². The van der Waals surface area contributed by atoms with Gasteiger partial charge in [0.15, 0.2) is 5.76 Å². The fourth-order valence-electron chi connectivity index (χ4n) is 0.316. The molecule has 8 heavy (non-hydrogen) atoms. The van der Waals surface area contributed by atoms with Crippen LogP contribution in [0, 0.1) is 0 Å². The second-order valence-corrected chi connectivity index (χ2v) is 1.17. The van der Waals surface area contributed by atoms with Crippen LogP contribution in [0.1, 0.15) is 6.92 Å². The van der Waals surface area contributed by atoms with E-state index in [9.17, 15) is 0 Å². The smallest absolute Gasteiger partial charge is 0.152 e. The van der Waals surface area contributed by atoms with Gasteiger partial charge in [0.2, 0.25) is 0 Å².